The molecule has 2 rings (SSSR count). The lowest BCUT2D eigenvalue weighted by atomic mass is 10.1. The molecule has 2 unspecified atom stereocenters. The molecule has 0 aliphatic carbocycles. The fraction of sp³-hybridized carbons (Fsp3) is 0.462. The van der Waals surface area contributed by atoms with Crippen molar-refractivity contribution in [3.8, 4) is 6.07 Å². The molecule has 1 aliphatic heterocycles. The van der Waals surface area contributed by atoms with Crippen LogP contribution in [0.4, 0.5) is 0 Å². The predicted octanol–water partition coefficient (Wildman–Crippen LogP) is 0.720. The summed E-state index contributed by atoms with van der Waals surface area (Å²) in [5.41, 5.74) is 6.68. The maximum absolute atomic E-state index is 12.4. The lowest BCUT2D eigenvalue weighted by Crippen LogP contribution is -2.32. The Morgan fingerprint density at radius 1 is 1.37 bits per heavy atom. The minimum Gasteiger partial charge on any atom is -0.326 e. The highest BCUT2D eigenvalue weighted by Gasteiger charge is 2.35. The smallest absolute Gasteiger partial charge is 0.243 e. The van der Waals surface area contributed by atoms with Gasteiger partial charge >= 0.3 is 0 Å². The molecule has 0 aromatic heterocycles. The minimum absolute atomic E-state index is 0.104. The van der Waals surface area contributed by atoms with Gasteiger partial charge in [0.1, 0.15) is 0 Å². The van der Waals surface area contributed by atoms with Crippen LogP contribution in [0.3, 0.4) is 0 Å². The lowest BCUT2D eigenvalue weighted by Gasteiger charge is -2.16. The van der Waals surface area contributed by atoms with Gasteiger partial charge in [-0.25, -0.2) is 8.42 Å². The Kier molecular flexibility index (Phi) is 3.90. The molecule has 19 heavy (non-hydrogen) atoms. The largest absolute Gasteiger partial charge is 0.326 e. The summed E-state index contributed by atoms with van der Waals surface area (Å²) in [5.74, 6) is 0.174. The van der Waals surface area contributed by atoms with E-state index in [9.17, 15) is 8.42 Å². The molecule has 2 atom stereocenters. The van der Waals surface area contributed by atoms with E-state index in [1.54, 1.807) is 24.3 Å². The second-order valence-corrected chi connectivity index (χ2v) is 6.88. The summed E-state index contributed by atoms with van der Waals surface area (Å²) >= 11 is 0. The van der Waals surface area contributed by atoms with Crippen molar-refractivity contribution in [2.45, 2.75) is 24.3 Å². The van der Waals surface area contributed by atoms with Gasteiger partial charge in [-0.1, -0.05) is 19.1 Å². The van der Waals surface area contributed by atoms with E-state index < -0.39 is 10.0 Å². The number of hydrogen-bond donors (Lipinski definition) is 1. The van der Waals surface area contributed by atoms with Crippen LogP contribution in [-0.2, 0) is 16.4 Å². The number of nitrogens with two attached hydrogens (primary N) is 1. The first-order valence-corrected chi connectivity index (χ1v) is 7.61. The number of nitrogens with zero attached hydrogens (tertiary/aromatic N) is 2. The van der Waals surface area contributed by atoms with Gasteiger partial charge < -0.3 is 5.73 Å². The number of benzene rings is 1. The lowest BCUT2D eigenvalue weighted by molar-refractivity contribution is 0.464. The summed E-state index contributed by atoms with van der Waals surface area (Å²) in [4.78, 5) is 0.260. The summed E-state index contributed by atoms with van der Waals surface area (Å²) in [7, 11) is -3.47. The second-order valence-electron chi connectivity index (χ2n) is 4.94. The van der Waals surface area contributed by atoms with Crippen molar-refractivity contribution >= 4 is 10.0 Å². The van der Waals surface area contributed by atoms with Gasteiger partial charge in [0.05, 0.1) is 17.4 Å². The summed E-state index contributed by atoms with van der Waals surface area (Å²) in [6.45, 7) is 2.78. The van der Waals surface area contributed by atoms with Crippen LogP contribution in [0.2, 0.25) is 0 Å². The van der Waals surface area contributed by atoms with E-state index in [0.29, 0.717) is 13.1 Å². The highest BCUT2D eigenvalue weighted by atomic mass is 32.2. The van der Waals surface area contributed by atoms with Crippen LogP contribution in [-0.4, -0.2) is 31.9 Å². The molecule has 1 saturated heterocycles. The SMILES string of the molecule is CC1CN(S(=O)(=O)c2ccc(CC#N)cc2)CC1N. The zero-order chi connectivity index (χ0) is 14.0. The molecule has 5 nitrogen and oxygen atoms in total. The Balaban J connectivity index is 2.23. The Labute approximate surface area is 113 Å². The van der Waals surface area contributed by atoms with Gasteiger partial charge in [-0.15, -0.1) is 0 Å². The van der Waals surface area contributed by atoms with Crippen LogP contribution < -0.4 is 5.73 Å². The molecule has 0 saturated carbocycles. The quantitative estimate of drug-likeness (QED) is 0.883. The fourth-order valence-electron chi connectivity index (χ4n) is 2.16. The third-order valence-corrected chi connectivity index (χ3v) is 5.33. The van der Waals surface area contributed by atoms with Gasteiger partial charge in [0, 0.05) is 19.1 Å². The molecule has 0 amide bonds. The Morgan fingerprint density at radius 3 is 2.47 bits per heavy atom. The summed E-state index contributed by atoms with van der Waals surface area (Å²) < 4.78 is 26.2. The first-order chi connectivity index (χ1) is 8.95. The van der Waals surface area contributed by atoms with Gasteiger partial charge in [0.15, 0.2) is 0 Å². The third-order valence-electron chi connectivity index (χ3n) is 3.48. The number of rotatable bonds is 3. The van der Waals surface area contributed by atoms with E-state index in [-0.39, 0.29) is 23.3 Å². The number of sulfonamides is 1. The van der Waals surface area contributed by atoms with Crippen LogP contribution >= 0.6 is 0 Å². The fourth-order valence-corrected chi connectivity index (χ4v) is 3.74. The second kappa shape index (κ2) is 5.29. The molecule has 1 aromatic rings. The molecule has 0 radical (unpaired) electrons. The Morgan fingerprint density at radius 2 is 2.00 bits per heavy atom. The van der Waals surface area contributed by atoms with E-state index in [1.807, 2.05) is 13.0 Å². The third kappa shape index (κ3) is 2.78. The van der Waals surface area contributed by atoms with Crippen molar-refractivity contribution < 1.29 is 8.42 Å². The average molecular weight is 279 g/mol. The highest BCUT2D eigenvalue weighted by molar-refractivity contribution is 7.89. The standard InChI is InChI=1S/C13H17N3O2S/c1-10-8-16(9-13(10)15)19(17,18)12-4-2-11(3-5-12)6-7-14/h2-5,10,13H,6,8-9,15H2,1H3. The van der Waals surface area contributed by atoms with Gasteiger partial charge in [0.25, 0.3) is 0 Å². The molecule has 0 spiro atoms. The molecule has 1 aliphatic rings. The van der Waals surface area contributed by atoms with E-state index >= 15 is 0 Å². The van der Waals surface area contributed by atoms with Gasteiger partial charge in [-0.3, -0.25) is 0 Å². The first kappa shape index (κ1) is 14.0. The topological polar surface area (TPSA) is 87.2 Å². The molecule has 102 valence electrons. The average Bonchev–Trinajstić information content (AvgIpc) is 2.71. The van der Waals surface area contributed by atoms with E-state index in [0.717, 1.165) is 5.56 Å². The number of nitriles is 1. The van der Waals surface area contributed by atoms with Gasteiger partial charge in [0.2, 0.25) is 10.0 Å². The van der Waals surface area contributed by atoms with Crippen LogP contribution in [0.25, 0.3) is 0 Å². The summed E-state index contributed by atoms with van der Waals surface area (Å²) in [6.07, 6.45) is 0.284. The normalized spacial score (nSPS) is 24.3. The van der Waals surface area contributed by atoms with Crippen molar-refractivity contribution in [2.75, 3.05) is 13.1 Å². The maximum Gasteiger partial charge on any atom is 0.243 e. The summed E-state index contributed by atoms with van der Waals surface area (Å²) in [5, 5.41) is 8.59. The van der Waals surface area contributed by atoms with Crippen molar-refractivity contribution in [1.82, 2.24) is 4.31 Å². The predicted molar refractivity (Wildman–Crippen MR) is 71.7 cm³/mol. The van der Waals surface area contributed by atoms with E-state index in [4.69, 9.17) is 11.0 Å². The van der Waals surface area contributed by atoms with E-state index in [1.165, 1.54) is 4.31 Å². The molecular formula is C13H17N3O2S. The van der Waals surface area contributed by atoms with Crippen LogP contribution in [0.15, 0.2) is 29.2 Å². The Hall–Kier alpha value is -1.42. The molecule has 2 N–H and O–H groups in total. The van der Waals surface area contributed by atoms with Crippen molar-refractivity contribution in [2.24, 2.45) is 11.7 Å². The molecule has 1 heterocycles. The molecule has 1 fully saturated rings. The van der Waals surface area contributed by atoms with E-state index in [2.05, 4.69) is 0 Å². The molecule has 1 aromatic carbocycles. The van der Waals surface area contributed by atoms with Crippen LogP contribution in [0, 0.1) is 17.2 Å². The molecule has 0 bridgehead atoms. The minimum atomic E-state index is -3.47. The summed E-state index contributed by atoms with van der Waals surface area (Å²) in [6, 6.07) is 8.38. The number of hydrogen-bond acceptors (Lipinski definition) is 4. The van der Waals surface area contributed by atoms with Crippen LogP contribution in [0.1, 0.15) is 12.5 Å². The molecule has 6 heteroatoms. The first-order valence-electron chi connectivity index (χ1n) is 6.17. The van der Waals surface area contributed by atoms with Crippen molar-refractivity contribution in [1.29, 1.82) is 5.26 Å². The maximum atomic E-state index is 12.4. The Bertz CT molecular complexity index is 579. The van der Waals surface area contributed by atoms with Crippen molar-refractivity contribution in [3.05, 3.63) is 29.8 Å². The van der Waals surface area contributed by atoms with Crippen molar-refractivity contribution in [3.63, 3.8) is 0 Å². The highest BCUT2D eigenvalue weighted by Crippen LogP contribution is 2.23. The van der Waals surface area contributed by atoms with Gasteiger partial charge in [-0.05, 0) is 23.6 Å². The monoisotopic (exact) mass is 279 g/mol. The zero-order valence-electron chi connectivity index (χ0n) is 10.8. The molecular weight excluding hydrogens is 262 g/mol. The zero-order valence-corrected chi connectivity index (χ0v) is 11.6. The van der Waals surface area contributed by atoms with Gasteiger partial charge in [-0.2, -0.15) is 9.57 Å². The van der Waals surface area contributed by atoms with Crippen LogP contribution in [0.5, 0.6) is 0 Å².